The summed E-state index contributed by atoms with van der Waals surface area (Å²) in [6.45, 7) is 18.3. The molecule has 2 aromatic rings. The predicted molar refractivity (Wildman–Crippen MR) is 124 cm³/mol. The van der Waals surface area contributed by atoms with Crippen LogP contribution in [-0.4, -0.2) is 13.2 Å². The van der Waals surface area contributed by atoms with Crippen molar-refractivity contribution < 1.29 is 9.47 Å². The molecule has 2 rings (SSSR count). The minimum absolute atomic E-state index is 0.105. The minimum atomic E-state index is -0.105. The van der Waals surface area contributed by atoms with Gasteiger partial charge in [-0.2, -0.15) is 0 Å². The topological polar surface area (TPSA) is 18.5 Å². The molecule has 2 aromatic carbocycles. The van der Waals surface area contributed by atoms with E-state index in [2.05, 4.69) is 104 Å². The summed E-state index contributed by atoms with van der Waals surface area (Å²) in [7, 11) is 0. The molecule has 2 nitrogen and oxygen atoms in total. The van der Waals surface area contributed by atoms with Gasteiger partial charge in [-0.05, 0) is 88.1 Å². The van der Waals surface area contributed by atoms with Gasteiger partial charge in [0.1, 0.15) is 24.7 Å². The zero-order valence-corrected chi connectivity index (χ0v) is 19.3. The van der Waals surface area contributed by atoms with Crippen LogP contribution in [0.4, 0.5) is 0 Å². The first-order chi connectivity index (χ1) is 13.6. The second kappa shape index (κ2) is 9.82. The van der Waals surface area contributed by atoms with E-state index in [0.717, 1.165) is 22.6 Å². The Bertz CT molecular complexity index is 819. The summed E-state index contributed by atoms with van der Waals surface area (Å²) in [4.78, 5) is 0. The predicted octanol–water partition coefficient (Wildman–Crippen LogP) is 7.32. The van der Waals surface area contributed by atoms with Crippen LogP contribution in [0.1, 0.15) is 63.8 Å². The monoisotopic (exact) mass is 392 g/mol. The van der Waals surface area contributed by atoms with Gasteiger partial charge in [-0.25, -0.2) is 0 Å². The van der Waals surface area contributed by atoms with Gasteiger partial charge >= 0.3 is 0 Å². The third-order valence-electron chi connectivity index (χ3n) is 5.25. The average Bonchev–Trinajstić information content (AvgIpc) is 2.63. The molecule has 0 N–H and O–H groups in total. The third-order valence-corrected chi connectivity index (χ3v) is 5.25. The normalized spacial score (nSPS) is 11.0. The molecule has 0 aliphatic carbocycles. The number of ether oxygens (including phenoxy) is 2. The largest absolute Gasteiger partial charge is 0.489 e. The molecule has 0 spiro atoms. The van der Waals surface area contributed by atoms with E-state index in [0.29, 0.717) is 13.2 Å². The smallest absolute Gasteiger partial charge is 0.122 e. The molecule has 0 aromatic heterocycles. The van der Waals surface area contributed by atoms with Crippen LogP contribution < -0.4 is 9.47 Å². The van der Waals surface area contributed by atoms with Gasteiger partial charge < -0.3 is 9.47 Å². The van der Waals surface area contributed by atoms with E-state index in [-0.39, 0.29) is 5.41 Å². The number of rotatable bonds is 8. The van der Waals surface area contributed by atoms with Crippen LogP contribution in [0.3, 0.4) is 0 Å². The minimum Gasteiger partial charge on any atom is -0.489 e. The van der Waals surface area contributed by atoms with Crippen molar-refractivity contribution in [2.45, 2.75) is 60.8 Å². The lowest BCUT2D eigenvalue weighted by molar-refractivity contribution is 0.359. The molecule has 0 saturated heterocycles. The summed E-state index contributed by atoms with van der Waals surface area (Å²) >= 11 is 0. The van der Waals surface area contributed by atoms with E-state index >= 15 is 0 Å². The second-order valence-corrected chi connectivity index (χ2v) is 8.77. The number of hydrogen-bond acceptors (Lipinski definition) is 2. The molecule has 0 aliphatic rings. The Morgan fingerprint density at radius 1 is 0.724 bits per heavy atom. The highest BCUT2D eigenvalue weighted by atomic mass is 16.5. The van der Waals surface area contributed by atoms with E-state index in [1.807, 2.05) is 0 Å². The molecular formula is C27H36O2. The van der Waals surface area contributed by atoms with Crippen molar-refractivity contribution in [3.63, 3.8) is 0 Å². The molecule has 2 heteroatoms. The van der Waals surface area contributed by atoms with Crippen molar-refractivity contribution in [3.8, 4) is 11.5 Å². The molecule has 156 valence electrons. The van der Waals surface area contributed by atoms with Gasteiger partial charge in [0.15, 0.2) is 0 Å². The summed E-state index contributed by atoms with van der Waals surface area (Å²) in [6.07, 6.45) is 4.20. The van der Waals surface area contributed by atoms with Crippen molar-refractivity contribution in [2.24, 2.45) is 0 Å². The Morgan fingerprint density at radius 2 is 1.10 bits per heavy atom. The van der Waals surface area contributed by atoms with Crippen molar-refractivity contribution in [1.82, 2.24) is 0 Å². The molecule has 0 amide bonds. The summed E-state index contributed by atoms with van der Waals surface area (Å²) < 4.78 is 11.8. The Kier molecular flexibility index (Phi) is 7.73. The zero-order valence-electron chi connectivity index (χ0n) is 19.3. The first-order valence-corrected chi connectivity index (χ1v) is 10.4. The SMILES string of the molecule is CC(C)=CCOc1ccc(C(C)(C)c2ccc(OCC=C(C)C)c(C)c2)cc1C. The van der Waals surface area contributed by atoms with E-state index in [4.69, 9.17) is 9.47 Å². The highest BCUT2D eigenvalue weighted by molar-refractivity contribution is 5.47. The lowest BCUT2D eigenvalue weighted by atomic mass is 9.77. The van der Waals surface area contributed by atoms with Gasteiger partial charge in [-0.3, -0.25) is 0 Å². The number of benzene rings is 2. The molecule has 0 fully saturated rings. The number of aryl methyl sites for hydroxylation is 2. The van der Waals surface area contributed by atoms with Crippen molar-refractivity contribution in [3.05, 3.63) is 82.0 Å². The molecule has 0 heterocycles. The standard InChI is InChI=1S/C27H36O2/c1-19(2)13-15-28-25-11-9-23(17-21(25)5)27(7,8)24-10-12-26(22(6)18-24)29-16-14-20(3)4/h9-14,17-18H,15-16H2,1-8H3. The summed E-state index contributed by atoms with van der Waals surface area (Å²) in [5.74, 6) is 1.89. The van der Waals surface area contributed by atoms with Crippen molar-refractivity contribution in [2.75, 3.05) is 13.2 Å². The quantitative estimate of drug-likeness (QED) is 0.438. The second-order valence-electron chi connectivity index (χ2n) is 8.77. The third kappa shape index (κ3) is 6.25. The van der Waals surface area contributed by atoms with Crippen LogP contribution in [0.5, 0.6) is 11.5 Å². The van der Waals surface area contributed by atoms with Crippen molar-refractivity contribution >= 4 is 0 Å². The van der Waals surface area contributed by atoms with E-state index in [1.54, 1.807) is 0 Å². The molecule has 0 unspecified atom stereocenters. The molecule has 0 bridgehead atoms. The maximum Gasteiger partial charge on any atom is 0.122 e. The molecular weight excluding hydrogens is 356 g/mol. The van der Waals surface area contributed by atoms with Gasteiger partial charge in [0.25, 0.3) is 0 Å². The summed E-state index contributed by atoms with van der Waals surface area (Å²) in [5.41, 5.74) is 7.32. The van der Waals surface area contributed by atoms with Crippen LogP contribution in [0, 0.1) is 13.8 Å². The Balaban J connectivity index is 2.21. The van der Waals surface area contributed by atoms with E-state index in [9.17, 15) is 0 Å². The Hall–Kier alpha value is -2.48. The van der Waals surface area contributed by atoms with Gasteiger partial charge in [0.05, 0.1) is 0 Å². The Morgan fingerprint density at radius 3 is 1.41 bits per heavy atom. The van der Waals surface area contributed by atoms with Crippen LogP contribution in [0.15, 0.2) is 59.7 Å². The average molecular weight is 393 g/mol. The lowest BCUT2D eigenvalue weighted by Gasteiger charge is -2.28. The molecule has 29 heavy (non-hydrogen) atoms. The van der Waals surface area contributed by atoms with Gasteiger partial charge in [0.2, 0.25) is 0 Å². The first-order valence-electron chi connectivity index (χ1n) is 10.4. The highest BCUT2D eigenvalue weighted by Gasteiger charge is 2.24. The Labute approximate surface area is 177 Å². The maximum absolute atomic E-state index is 5.91. The zero-order chi connectivity index (χ0) is 21.6. The fourth-order valence-electron chi connectivity index (χ4n) is 3.16. The highest BCUT2D eigenvalue weighted by Crippen LogP contribution is 2.35. The number of hydrogen-bond donors (Lipinski definition) is 0. The van der Waals surface area contributed by atoms with E-state index < -0.39 is 0 Å². The lowest BCUT2D eigenvalue weighted by Crippen LogP contribution is -2.19. The first kappa shape index (κ1) is 22.8. The molecule has 0 saturated carbocycles. The van der Waals surface area contributed by atoms with Crippen LogP contribution in [0.25, 0.3) is 0 Å². The summed E-state index contributed by atoms with van der Waals surface area (Å²) in [6, 6.07) is 13.0. The van der Waals surface area contributed by atoms with Gasteiger partial charge in [-0.15, -0.1) is 0 Å². The number of allylic oxidation sites excluding steroid dienone is 2. The molecule has 0 atom stereocenters. The fourth-order valence-corrected chi connectivity index (χ4v) is 3.16. The van der Waals surface area contributed by atoms with Gasteiger partial charge in [0, 0.05) is 5.41 Å². The molecule has 0 radical (unpaired) electrons. The molecule has 0 aliphatic heterocycles. The van der Waals surface area contributed by atoms with Crippen LogP contribution >= 0.6 is 0 Å². The van der Waals surface area contributed by atoms with Gasteiger partial charge in [-0.1, -0.05) is 49.3 Å². The fraction of sp³-hybridized carbons (Fsp3) is 0.407. The van der Waals surface area contributed by atoms with Crippen LogP contribution in [-0.2, 0) is 5.41 Å². The van der Waals surface area contributed by atoms with Crippen LogP contribution in [0.2, 0.25) is 0 Å². The van der Waals surface area contributed by atoms with Crippen molar-refractivity contribution in [1.29, 1.82) is 0 Å². The summed E-state index contributed by atoms with van der Waals surface area (Å²) in [5, 5.41) is 0. The van der Waals surface area contributed by atoms with E-state index in [1.165, 1.54) is 22.3 Å². The maximum atomic E-state index is 5.91.